The van der Waals surface area contributed by atoms with Crippen molar-refractivity contribution in [3.05, 3.63) is 28.2 Å². The summed E-state index contributed by atoms with van der Waals surface area (Å²) in [6, 6.07) is 4.88. The molecule has 2 unspecified atom stereocenters. The molecule has 1 aliphatic heterocycles. The van der Waals surface area contributed by atoms with Gasteiger partial charge in [0, 0.05) is 6.61 Å². The van der Waals surface area contributed by atoms with Crippen molar-refractivity contribution in [3.63, 3.8) is 0 Å². The van der Waals surface area contributed by atoms with Crippen LogP contribution in [0, 0.1) is 0 Å². The number of ether oxygens (including phenoxy) is 3. The molecule has 4 nitrogen and oxygen atoms in total. The van der Waals surface area contributed by atoms with E-state index in [0.29, 0.717) is 11.6 Å². The van der Waals surface area contributed by atoms with Crippen LogP contribution in [0.2, 0.25) is 10.0 Å². The van der Waals surface area contributed by atoms with Gasteiger partial charge in [-0.3, -0.25) is 0 Å². The Kier molecular flexibility index (Phi) is 6.30. The highest BCUT2D eigenvalue weighted by Gasteiger charge is 2.21. The molecule has 2 rings (SSSR count). The Morgan fingerprint density at radius 1 is 1.43 bits per heavy atom. The van der Waals surface area contributed by atoms with Crippen molar-refractivity contribution in [2.45, 2.75) is 38.4 Å². The second kappa shape index (κ2) is 7.99. The molecule has 0 radical (unpaired) electrons. The molecular formula is C15H18Cl2O4. The first-order chi connectivity index (χ1) is 10.1. The average molecular weight is 333 g/mol. The number of benzene rings is 1. The number of hydrogen-bond donors (Lipinski definition) is 0. The van der Waals surface area contributed by atoms with Crippen LogP contribution in [0.3, 0.4) is 0 Å². The van der Waals surface area contributed by atoms with Gasteiger partial charge in [0.1, 0.15) is 5.02 Å². The molecule has 0 amide bonds. The highest BCUT2D eigenvalue weighted by Crippen LogP contribution is 2.31. The van der Waals surface area contributed by atoms with Gasteiger partial charge in [-0.1, -0.05) is 29.3 Å². The minimum atomic E-state index is -0.689. The van der Waals surface area contributed by atoms with Gasteiger partial charge >= 0.3 is 5.97 Å². The molecule has 0 saturated carbocycles. The molecule has 1 saturated heterocycles. The maximum Gasteiger partial charge on any atom is 0.340 e. The highest BCUT2D eigenvalue weighted by atomic mass is 35.5. The SMILES string of the molecule is CC(OCC1CCCCO1)C(=O)Oc1cccc(Cl)c1Cl. The summed E-state index contributed by atoms with van der Waals surface area (Å²) in [6.07, 6.45) is 2.54. The zero-order valence-electron chi connectivity index (χ0n) is 11.8. The molecule has 0 aliphatic carbocycles. The standard InChI is InChI=1S/C15H18Cl2O4/c1-10(20-9-11-5-2-3-8-19-11)15(18)21-13-7-4-6-12(16)14(13)17/h4,6-7,10-11H,2-3,5,8-9H2,1H3. The van der Waals surface area contributed by atoms with Gasteiger partial charge in [-0.05, 0) is 38.3 Å². The Morgan fingerprint density at radius 3 is 2.95 bits per heavy atom. The fourth-order valence-corrected chi connectivity index (χ4v) is 2.34. The van der Waals surface area contributed by atoms with Crippen molar-refractivity contribution >= 4 is 29.2 Å². The van der Waals surface area contributed by atoms with Crippen LogP contribution >= 0.6 is 23.2 Å². The van der Waals surface area contributed by atoms with Crippen LogP contribution in [0.4, 0.5) is 0 Å². The van der Waals surface area contributed by atoms with Gasteiger partial charge in [0.2, 0.25) is 0 Å². The third kappa shape index (κ3) is 4.85. The largest absolute Gasteiger partial charge is 0.423 e. The minimum absolute atomic E-state index is 0.0590. The first-order valence-corrected chi connectivity index (χ1v) is 7.72. The molecule has 21 heavy (non-hydrogen) atoms. The van der Waals surface area contributed by atoms with E-state index >= 15 is 0 Å². The molecule has 1 aromatic rings. The molecule has 6 heteroatoms. The zero-order chi connectivity index (χ0) is 15.2. The third-order valence-corrected chi connectivity index (χ3v) is 4.07. The summed E-state index contributed by atoms with van der Waals surface area (Å²) in [6.45, 7) is 2.79. The summed E-state index contributed by atoms with van der Waals surface area (Å²) >= 11 is 11.8. The van der Waals surface area contributed by atoms with E-state index < -0.39 is 12.1 Å². The predicted octanol–water partition coefficient (Wildman–Crippen LogP) is 3.87. The lowest BCUT2D eigenvalue weighted by Gasteiger charge is -2.23. The number of esters is 1. The van der Waals surface area contributed by atoms with E-state index in [0.717, 1.165) is 25.9 Å². The summed E-state index contributed by atoms with van der Waals surface area (Å²) in [4.78, 5) is 12.0. The Balaban J connectivity index is 1.83. The molecule has 1 aromatic carbocycles. The number of halogens is 2. The van der Waals surface area contributed by atoms with Gasteiger partial charge in [-0.25, -0.2) is 4.79 Å². The second-order valence-electron chi connectivity index (χ2n) is 4.94. The molecule has 1 fully saturated rings. The van der Waals surface area contributed by atoms with Crippen molar-refractivity contribution < 1.29 is 19.0 Å². The normalized spacial score (nSPS) is 20.0. The van der Waals surface area contributed by atoms with Crippen LogP contribution in [0.5, 0.6) is 5.75 Å². The summed E-state index contributed by atoms with van der Waals surface area (Å²) in [5.74, 6) is -0.270. The monoisotopic (exact) mass is 332 g/mol. The van der Waals surface area contributed by atoms with Crippen LogP contribution in [0.1, 0.15) is 26.2 Å². The van der Waals surface area contributed by atoms with Crippen LogP contribution in [0.25, 0.3) is 0 Å². The van der Waals surface area contributed by atoms with E-state index in [2.05, 4.69) is 0 Å². The lowest BCUT2D eigenvalue weighted by atomic mass is 10.1. The topological polar surface area (TPSA) is 44.8 Å². The summed E-state index contributed by atoms with van der Waals surface area (Å²) in [5.41, 5.74) is 0. The number of carbonyl (C=O) groups excluding carboxylic acids is 1. The molecule has 116 valence electrons. The molecule has 0 aromatic heterocycles. The van der Waals surface area contributed by atoms with Crippen molar-refractivity contribution in [2.75, 3.05) is 13.2 Å². The smallest absolute Gasteiger partial charge is 0.340 e. The number of rotatable bonds is 5. The molecule has 2 atom stereocenters. The van der Waals surface area contributed by atoms with E-state index in [1.54, 1.807) is 25.1 Å². The van der Waals surface area contributed by atoms with Crippen molar-refractivity contribution in [2.24, 2.45) is 0 Å². The average Bonchev–Trinajstić information content (AvgIpc) is 2.50. The first-order valence-electron chi connectivity index (χ1n) is 6.97. The van der Waals surface area contributed by atoms with Crippen molar-refractivity contribution in [1.82, 2.24) is 0 Å². The summed E-state index contributed by atoms with van der Waals surface area (Å²) in [7, 11) is 0. The molecule has 1 aliphatic rings. The van der Waals surface area contributed by atoms with Crippen molar-refractivity contribution in [3.8, 4) is 5.75 Å². The van der Waals surface area contributed by atoms with Crippen molar-refractivity contribution in [1.29, 1.82) is 0 Å². The van der Waals surface area contributed by atoms with Gasteiger partial charge in [0.15, 0.2) is 11.9 Å². The van der Waals surface area contributed by atoms with Gasteiger partial charge in [-0.2, -0.15) is 0 Å². The third-order valence-electron chi connectivity index (χ3n) is 3.26. The van der Waals surface area contributed by atoms with E-state index in [4.69, 9.17) is 37.4 Å². The Morgan fingerprint density at radius 2 is 2.24 bits per heavy atom. The highest BCUT2D eigenvalue weighted by molar-refractivity contribution is 6.43. The molecular weight excluding hydrogens is 315 g/mol. The van der Waals surface area contributed by atoms with E-state index in [1.165, 1.54) is 0 Å². The van der Waals surface area contributed by atoms with Gasteiger partial charge in [-0.15, -0.1) is 0 Å². The Hall–Kier alpha value is -0.810. The Bertz CT molecular complexity index is 487. The first kappa shape index (κ1) is 16.6. The fraction of sp³-hybridized carbons (Fsp3) is 0.533. The van der Waals surface area contributed by atoms with Crippen LogP contribution in [0.15, 0.2) is 18.2 Å². The maximum atomic E-state index is 12.0. The second-order valence-corrected chi connectivity index (χ2v) is 5.72. The van der Waals surface area contributed by atoms with Gasteiger partial charge in [0.05, 0.1) is 17.7 Å². The summed E-state index contributed by atoms with van der Waals surface area (Å²) < 4.78 is 16.3. The Labute approximate surface area is 134 Å². The molecule has 1 heterocycles. The lowest BCUT2D eigenvalue weighted by Crippen LogP contribution is -2.31. The molecule has 0 spiro atoms. The van der Waals surface area contributed by atoms with E-state index in [-0.39, 0.29) is 16.9 Å². The predicted molar refractivity (Wildman–Crippen MR) is 81.1 cm³/mol. The number of hydrogen-bond acceptors (Lipinski definition) is 4. The quantitative estimate of drug-likeness (QED) is 0.606. The molecule has 0 N–H and O–H groups in total. The zero-order valence-corrected chi connectivity index (χ0v) is 13.3. The van der Waals surface area contributed by atoms with E-state index in [9.17, 15) is 4.79 Å². The maximum absolute atomic E-state index is 12.0. The fourth-order valence-electron chi connectivity index (χ4n) is 2.01. The van der Waals surface area contributed by atoms with Crippen LogP contribution < -0.4 is 4.74 Å². The van der Waals surface area contributed by atoms with Gasteiger partial charge in [0.25, 0.3) is 0 Å². The van der Waals surface area contributed by atoms with Gasteiger partial charge < -0.3 is 14.2 Å². The minimum Gasteiger partial charge on any atom is -0.423 e. The van der Waals surface area contributed by atoms with E-state index in [1.807, 2.05) is 0 Å². The van der Waals surface area contributed by atoms with Crippen LogP contribution in [-0.4, -0.2) is 31.4 Å². The molecule has 0 bridgehead atoms. The lowest BCUT2D eigenvalue weighted by molar-refractivity contribution is -0.149. The van der Waals surface area contributed by atoms with Crippen LogP contribution in [-0.2, 0) is 14.3 Å². The summed E-state index contributed by atoms with van der Waals surface area (Å²) in [5, 5.41) is 0.557. The number of carbonyl (C=O) groups is 1.